The Kier molecular flexibility index (Phi) is 4.85. The zero-order valence-electron chi connectivity index (χ0n) is 15.7. The molecule has 0 bridgehead atoms. The van der Waals surface area contributed by atoms with E-state index in [1.54, 1.807) is 4.90 Å². The standard InChI is InChI=1S/C20H25N3O3/c1-13-8-9-14-6-5-7-16(17(14)21-13)22-18(24)15-10-11-23(12-15)19(25)26-20(2,3)4/h5-9,15H,10-12H2,1-4H3,(H,22,24)/t15-/m0/s1. The normalized spacial score (nSPS) is 17.4. The second kappa shape index (κ2) is 6.94. The quantitative estimate of drug-likeness (QED) is 0.891. The molecule has 1 fully saturated rings. The van der Waals surface area contributed by atoms with Crippen LogP contribution < -0.4 is 5.32 Å². The molecule has 2 aromatic rings. The predicted molar refractivity (Wildman–Crippen MR) is 101 cm³/mol. The van der Waals surface area contributed by atoms with E-state index in [4.69, 9.17) is 4.74 Å². The van der Waals surface area contributed by atoms with E-state index in [0.717, 1.165) is 16.6 Å². The third-order valence-electron chi connectivity index (χ3n) is 4.33. The van der Waals surface area contributed by atoms with Gasteiger partial charge in [0.25, 0.3) is 0 Å². The number of anilines is 1. The van der Waals surface area contributed by atoms with Crippen molar-refractivity contribution < 1.29 is 14.3 Å². The number of pyridine rings is 1. The summed E-state index contributed by atoms with van der Waals surface area (Å²) in [5.41, 5.74) is 1.84. The number of rotatable bonds is 2. The topological polar surface area (TPSA) is 71.5 Å². The first-order chi connectivity index (χ1) is 12.2. The summed E-state index contributed by atoms with van der Waals surface area (Å²) in [6, 6.07) is 9.66. The van der Waals surface area contributed by atoms with E-state index >= 15 is 0 Å². The maximum Gasteiger partial charge on any atom is 0.410 e. The second-order valence-corrected chi connectivity index (χ2v) is 7.73. The fraction of sp³-hybridized carbons (Fsp3) is 0.450. The molecule has 0 unspecified atom stereocenters. The number of aryl methyl sites for hydroxylation is 1. The molecule has 26 heavy (non-hydrogen) atoms. The van der Waals surface area contributed by atoms with Gasteiger partial charge in [-0.05, 0) is 46.2 Å². The van der Waals surface area contributed by atoms with Crippen molar-refractivity contribution in [1.82, 2.24) is 9.88 Å². The van der Waals surface area contributed by atoms with Gasteiger partial charge < -0.3 is 15.0 Å². The first kappa shape index (κ1) is 18.2. The molecule has 0 radical (unpaired) electrons. The molecule has 0 saturated carbocycles. The van der Waals surface area contributed by atoms with Gasteiger partial charge in [0.05, 0.1) is 17.1 Å². The van der Waals surface area contributed by atoms with Crippen molar-refractivity contribution in [3.63, 3.8) is 0 Å². The molecule has 1 atom stereocenters. The van der Waals surface area contributed by atoms with Crippen molar-refractivity contribution in [3.8, 4) is 0 Å². The lowest BCUT2D eigenvalue weighted by Crippen LogP contribution is -2.36. The monoisotopic (exact) mass is 355 g/mol. The van der Waals surface area contributed by atoms with Crippen molar-refractivity contribution in [3.05, 3.63) is 36.0 Å². The molecule has 1 aliphatic heterocycles. The molecule has 2 amide bonds. The number of nitrogens with zero attached hydrogens (tertiary/aromatic N) is 2. The molecule has 2 heterocycles. The van der Waals surface area contributed by atoms with Crippen LogP contribution in [-0.4, -0.2) is 40.6 Å². The molecule has 0 spiro atoms. The minimum absolute atomic E-state index is 0.0909. The van der Waals surface area contributed by atoms with Crippen LogP contribution in [0.5, 0.6) is 0 Å². The lowest BCUT2D eigenvalue weighted by atomic mass is 10.1. The van der Waals surface area contributed by atoms with Gasteiger partial charge in [-0.3, -0.25) is 9.78 Å². The number of likely N-dealkylation sites (tertiary alicyclic amines) is 1. The van der Waals surface area contributed by atoms with Crippen LogP contribution in [0.15, 0.2) is 30.3 Å². The van der Waals surface area contributed by atoms with Crippen LogP contribution in [0.1, 0.15) is 32.9 Å². The van der Waals surface area contributed by atoms with E-state index in [0.29, 0.717) is 25.2 Å². The Labute approximate surface area is 153 Å². The molecule has 6 heteroatoms. The van der Waals surface area contributed by atoms with Crippen LogP contribution >= 0.6 is 0 Å². The first-order valence-electron chi connectivity index (χ1n) is 8.88. The summed E-state index contributed by atoms with van der Waals surface area (Å²) in [5.74, 6) is -0.338. The number of amides is 2. The Morgan fingerprint density at radius 1 is 1.23 bits per heavy atom. The fourth-order valence-electron chi connectivity index (χ4n) is 3.05. The molecule has 6 nitrogen and oxygen atoms in total. The summed E-state index contributed by atoms with van der Waals surface area (Å²) in [5, 5.41) is 3.96. The predicted octanol–water partition coefficient (Wildman–Crippen LogP) is 3.74. The van der Waals surface area contributed by atoms with E-state index < -0.39 is 5.60 Å². The van der Waals surface area contributed by atoms with Gasteiger partial charge in [-0.1, -0.05) is 18.2 Å². The Bertz CT molecular complexity index is 842. The number of aromatic nitrogens is 1. The lowest BCUT2D eigenvalue weighted by molar-refractivity contribution is -0.119. The summed E-state index contributed by atoms with van der Waals surface area (Å²) in [7, 11) is 0. The Hall–Kier alpha value is -2.63. The second-order valence-electron chi connectivity index (χ2n) is 7.73. The molecule has 1 aromatic carbocycles. The Balaban J connectivity index is 1.68. The smallest absolute Gasteiger partial charge is 0.410 e. The fourth-order valence-corrected chi connectivity index (χ4v) is 3.05. The third-order valence-corrected chi connectivity index (χ3v) is 4.33. The van der Waals surface area contributed by atoms with Crippen LogP contribution in [0.3, 0.4) is 0 Å². The average Bonchev–Trinajstić information content (AvgIpc) is 3.04. The number of carbonyl (C=O) groups is 2. The number of hydrogen-bond donors (Lipinski definition) is 1. The Morgan fingerprint density at radius 2 is 2.00 bits per heavy atom. The van der Waals surface area contributed by atoms with Crippen LogP contribution in [0.4, 0.5) is 10.5 Å². The lowest BCUT2D eigenvalue weighted by Gasteiger charge is -2.24. The van der Waals surface area contributed by atoms with Gasteiger partial charge in [-0.15, -0.1) is 0 Å². The zero-order chi connectivity index (χ0) is 18.9. The Morgan fingerprint density at radius 3 is 2.73 bits per heavy atom. The number of carbonyl (C=O) groups excluding carboxylic acids is 2. The van der Waals surface area contributed by atoms with Crippen molar-refractivity contribution in [2.45, 2.75) is 39.7 Å². The molecule has 138 valence electrons. The number of benzene rings is 1. The summed E-state index contributed by atoms with van der Waals surface area (Å²) < 4.78 is 5.38. The third kappa shape index (κ3) is 4.12. The zero-order valence-corrected chi connectivity index (χ0v) is 15.7. The van der Waals surface area contributed by atoms with Crippen molar-refractivity contribution in [2.24, 2.45) is 5.92 Å². The van der Waals surface area contributed by atoms with Gasteiger partial charge in [0, 0.05) is 24.2 Å². The summed E-state index contributed by atoms with van der Waals surface area (Å²) in [4.78, 5) is 31.0. The molecule has 1 aromatic heterocycles. The van der Waals surface area contributed by atoms with Gasteiger partial charge >= 0.3 is 6.09 Å². The summed E-state index contributed by atoms with van der Waals surface area (Å²) in [6.07, 6.45) is 0.262. The number of ether oxygens (including phenoxy) is 1. The van der Waals surface area contributed by atoms with Gasteiger partial charge in [0.1, 0.15) is 5.60 Å². The highest BCUT2D eigenvalue weighted by molar-refractivity contribution is 6.01. The minimum atomic E-state index is -0.538. The highest BCUT2D eigenvalue weighted by Crippen LogP contribution is 2.25. The van der Waals surface area contributed by atoms with Gasteiger partial charge in [0.15, 0.2) is 0 Å². The molecule has 1 N–H and O–H groups in total. The largest absolute Gasteiger partial charge is 0.444 e. The van der Waals surface area contributed by atoms with Crippen LogP contribution in [0.25, 0.3) is 10.9 Å². The highest BCUT2D eigenvalue weighted by Gasteiger charge is 2.33. The maximum atomic E-state index is 12.7. The van der Waals surface area contributed by atoms with E-state index in [-0.39, 0.29) is 17.9 Å². The van der Waals surface area contributed by atoms with E-state index in [9.17, 15) is 9.59 Å². The van der Waals surface area contributed by atoms with Crippen LogP contribution in [-0.2, 0) is 9.53 Å². The molecular weight excluding hydrogens is 330 g/mol. The maximum absolute atomic E-state index is 12.7. The van der Waals surface area contributed by atoms with E-state index in [1.807, 2.05) is 58.0 Å². The van der Waals surface area contributed by atoms with E-state index in [1.165, 1.54) is 0 Å². The number of para-hydroxylation sites is 1. The van der Waals surface area contributed by atoms with Crippen molar-refractivity contribution in [1.29, 1.82) is 0 Å². The highest BCUT2D eigenvalue weighted by atomic mass is 16.6. The summed E-state index contributed by atoms with van der Waals surface area (Å²) >= 11 is 0. The van der Waals surface area contributed by atoms with Crippen molar-refractivity contribution >= 4 is 28.6 Å². The molecule has 0 aliphatic carbocycles. The average molecular weight is 355 g/mol. The van der Waals surface area contributed by atoms with E-state index in [2.05, 4.69) is 10.3 Å². The van der Waals surface area contributed by atoms with Crippen LogP contribution in [0, 0.1) is 12.8 Å². The molecular formula is C20H25N3O3. The van der Waals surface area contributed by atoms with Gasteiger partial charge in [0.2, 0.25) is 5.91 Å². The SMILES string of the molecule is Cc1ccc2cccc(NC(=O)[C@H]3CCN(C(=O)OC(C)(C)C)C3)c2n1. The molecule has 1 saturated heterocycles. The number of nitrogens with one attached hydrogen (secondary N) is 1. The summed E-state index contributed by atoms with van der Waals surface area (Å²) in [6.45, 7) is 8.33. The number of hydrogen-bond acceptors (Lipinski definition) is 4. The molecule has 3 rings (SSSR count). The minimum Gasteiger partial charge on any atom is -0.444 e. The molecule has 1 aliphatic rings. The van der Waals surface area contributed by atoms with Gasteiger partial charge in [-0.25, -0.2) is 4.79 Å². The number of fused-ring (bicyclic) bond motifs is 1. The van der Waals surface area contributed by atoms with Crippen molar-refractivity contribution in [2.75, 3.05) is 18.4 Å². The van der Waals surface area contributed by atoms with Gasteiger partial charge in [-0.2, -0.15) is 0 Å². The first-order valence-corrected chi connectivity index (χ1v) is 8.88. The van der Waals surface area contributed by atoms with Crippen LogP contribution in [0.2, 0.25) is 0 Å².